The van der Waals surface area contributed by atoms with Crippen molar-refractivity contribution >= 4 is 6.72 Å². The molecule has 150 valence electrons. The molecule has 1 aromatic carbocycles. The van der Waals surface area contributed by atoms with Crippen LogP contribution in [0.15, 0.2) is 70.1 Å². The molecule has 2 aliphatic rings. The van der Waals surface area contributed by atoms with Gasteiger partial charge in [-0.05, 0) is 52.8 Å². The quantitative estimate of drug-likeness (QED) is 0.500. The third-order valence-corrected chi connectivity index (χ3v) is 5.99. The zero-order chi connectivity index (χ0) is 20.5. The third kappa shape index (κ3) is 4.06. The lowest BCUT2D eigenvalue weighted by Gasteiger charge is -2.28. The number of alkyl halides is 1. The number of benzene rings is 1. The molecule has 1 unspecified atom stereocenters. The van der Waals surface area contributed by atoms with Gasteiger partial charge >= 0.3 is 0 Å². The fourth-order valence-electron chi connectivity index (χ4n) is 3.98. The highest BCUT2D eigenvalue weighted by atomic mass is 19.1. The van der Waals surface area contributed by atoms with Crippen molar-refractivity contribution in [3.05, 3.63) is 70.7 Å². The van der Waals surface area contributed by atoms with Gasteiger partial charge in [-0.25, -0.2) is 9.38 Å². The molecule has 2 fully saturated rings. The van der Waals surface area contributed by atoms with Crippen LogP contribution in [0.25, 0.3) is 0 Å². The molecule has 28 heavy (non-hydrogen) atoms. The molecule has 3 rings (SSSR count). The Morgan fingerprint density at radius 2 is 1.79 bits per heavy atom. The summed E-state index contributed by atoms with van der Waals surface area (Å²) in [4.78, 5) is 6.32. The molecular formula is C24H32FN3. The van der Waals surface area contributed by atoms with Crippen LogP contribution in [0.5, 0.6) is 0 Å². The van der Waals surface area contributed by atoms with Crippen LogP contribution in [0.1, 0.15) is 52.5 Å². The minimum Gasteiger partial charge on any atom is -0.368 e. The van der Waals surface area contributed by atoms with E-state index in [1.807, 2.05) is 37.3 Å². The number of nitrogens with one attached hydrogen (secondary N) is 1. The lowest BCUT2D eigenvalue weighted by molar-refractivity contribution is 0.177. The standard InChI is InChI=1S/C24H32FN3/c1-17(2)21(18(3)22(26-6)27-23(5)12-13-23)19(4)28-15-14-24(25,16-28)20-10-8-7-9-11-20/h7-11,27H,4,6,12-16H2,1-3,5H3/b22-18-. The van der Waals surface area contributed by atoms with Crippen LogP contribution in [0, 0.1) is 0 Å². The number of allylic oxidation sites excluding steroid dienone is 2. The van der Waals surface area contributed by atoms with E-state index in [-0.39, 0.29) is 5.54 Å². The molecule has 0 radical (unpaired) electrons. The molecule has 1 heterocycles. The number of rotatable bonds is 7. The summed E-state index contributed by atoms with van der Waals surface area (Å²) in [6, 6.07) is 9.47. The van der Waals surface area contributed by atoms with Crippen LogP contribution in [0.3, 0.4) is 0 Å². The predicted octanol–water partition coefficient (Wildman–Crippen LogP) is 5.48. The second-order valence-corrected chi connectivity index (χ2v) is 8.64. The Labute approximate surface area is 168 Å². The van der Waals surface area contributed by atoms with E-state index >= 15 is 4.39 Å². The number of likely N-dealkylation sites (tertiary alicyclic amines) is 1. The SMILES string of the molecule is C=N/C(NC1(C)CC1)=C(\C)C(C(=C)N1CCC(F)(c2ccccc2)C1)=C(C)C. The van der Waals surface area contributed by atoms with Crippen LogP contribution in [0.4, 0.5) is 4.39 Å². The van der Waals surface area contributed by atoms with Crippen LogP contribution < -0.4 is 5.32 Å². The Bertz CT molecular complexity index is 829. The van der Waals surface area contributed by atoms with Gasteiger partial charge in [-0.15, -0.1) is 0 Å². The summed E-state index contributed by atoms with van der Waals surface area (Å²) < 4.78 is 15.6. The topological polar surface area (TPSA) is 27.6 Å². The molecule has 0 spiro atoms. The largest absolute Gasteiger partial charge is 0.368 e. The van der Waals surface area contributed by atoms with E-state index < -0.39 is 5.67 Å². The van der Waals surface area contributed by atoms with Crippen molar-refractivity contribution < 1.29 is 4.39 Å². The second-order valence-electron chi connectivity index (χ2n) is 8.64. The van der Waals surface area contributed by atoms with E-state index in [4.69, 9.17) is 0 Å². The average Bonchev–Trinajstić information content (AvgIpc) is 3.26. The first-order valence-corrected chi connectivity index (χ1v) is 10.0. The van der Waals surface area contributed by atoms with Gasteiger partial charge in [0.2, 0.25) is 0 Å². The molecule has 4 heteroatoms. The van der Waals surface area contributed by atoms with Gasteiger partial charge in [0.25, 0.3) is 0 Å². The summed E-state index contributed by atoms with van der Waals surface area (Å²) in [7, 11) is 0. The van der Waals surface area contributed by atoms with Gasteiger partial charge < -0.3 is 10.2 Å². The number of aliphatic imine (C=N–C) groups is 1. The first-order valence-electron chi connectivity index (χ1n) is 10.0. The van der Waals surface area contributed by atoms with E-state index in [1.54, 1.807) is 0 Å². The predicted molar refractivity (Wildman–Crippen MR) is 116 cm³/mol. The van der Waals surface area contributed by atoms with Crippen molar-refractivity contribution in [3.8, 4) is 0 Å². The van der Waals surface area contributed by atoms with Crippen LogP contribution in [0.2, 0.25) is 0 Å². The Kier molecular flexibility index (Phi) is 5.51. The molecule has 1 aromatic rings. The van der Waals surface area contributed by atoms with Gasteiger partial charge in [-0.1, -0.05) is 42.5 Å². The summed E-state index contributed by atoms with van der Waals surface area (Å²) in [6.45, 7) is 17.5. The number of nitrogens with zero attached hydrogens (tertiary/aromatic N) is 2. The third-order valence-electron chi connectivity index (χ3n) is 5.99. The first-order chi connectivity index (χ1) is 13.2. The summed E-state index contributed by atoms with van der Waals surface area (Å²) in [5.41, 5.74) is 3.57. The Hall–Kier alpha value is -2.36. The second kappa shape index (κ2) is 7.57. The molecule has 3 nitrogen and oxygen atoms in total. The van der Waals surface area contributed by atoms with Crippen molar-refractivity contribution in [1.29, 1.82) is 0 Å². The Balaban J connectivity index is 1.85. The van der Waals surface area contributed by atoms with Crippen molar-refractivity contribution in [2.75, 3.05) is 13.1 Å². The smallest absolute Gasteiger partial charge is 0.155 e. The lowest BCUT2D eigenvalue weighted by Crippen LogP contribution is -2.29. The highest BCUT2D eigenvalue weighted by Gasteiger charge is 2.41. The number of halogens is 1. The normalized spacial score (nSPS) is 23.7. The highest BCUT2D eigenvalue weighted by molar-refractivity contribution is 5.50. The van der Waals surface area contributed by atoms with Crippen molar-refractivity contribution in [2.24, 2.45) is 4.99 Å². The van der Waals surface area contributed by atoms with Crippen LogP contribution in [-0.4, -0.2) is 30.2 Å². The van der Waals surface area contributed by atoms with E-state index in [9.17, 15) is 0 Å². The van der Waals surface area contributed by atoms with Crippen molar-refractivity contribution in [3.63, 3.8) is 0 Å². The molecule has 1 atom stereocenters. The summed E-state index contributed by atoms with van der Waals surface area (Å²) >= 11 is 0. The lowest BCUT2D eigenvalue weighted by atomic mass is 9.95. The van der Waals surface area contributed by atoms with Crippen LogP contribution >= 0.6 is 0 Å². The number of hydrogen-bond donors (Lipinski definition) is 1. The molecule has 1 aliphatic carbocycles. The summed E-state index contributed by atoms with van der Waals surface area (Å²) in [5, 5.41) is 3.52. The summed E-state index contributed by atoms with van der Waals surface area (Å²) in [6.07, 6.45) is 2.74. The van der Waals surface area contributed by atoms with Gasteiger partial charge in [0, 0.05) is 35.3 Å². The number of hydrogen-bond acceptors (Lipinski definition) is 3. The molecule has 1 saturated carbocycles. The zero-order valence-electron chi connectivity index (χ0n) is 17.6. The molecule has 0 amide bonds. The van der Waals surface area contributed by atoms with Gasteiger partial charge in [0.05, 0.1) is 6.54 Å². The van der Waals surface area contributed by atoms with Crippen molar-refractivity contribution in [2.45, 2.75) is 58.2 Å². The van der Waals surface area contributed by atoms with Gasteiger partial charge in [-0.2, -0.15) is 0 Å². The maximum absolute atomic E-state index is 15.6. The minimum absolute atomic E-state index is 0.112. The Morgan fingerprint density at radius 1 is 1.14 bits per heavy atom. The van der Waals surface area contributed by atoms with Crippen LogP contribution in [-0.2, 0) is 5.67 Å². The molecule has 0 aromatic heterocycles. The fraction of sp³-hybridized carbons (Fsp3) is 0.458. The van der Waals surface area contributed by atoms with Gasteiger partial charge in [0.15, 0.2) is 5.67 Å². The van der Waals surface area contributed by atoms with E-state index in [2.05, 4.69) is 49.3 Å². The summed E-state index contributed by atoms with van der Waals surface area (Å²) in [5.74, 6) is 0.797. The molecule has 0 bridgehead atoms. The van der Waals surface area contributed by atoms with Gasteiger partial charge in [-0.3, -0.25) is 0 Å². The zero-order valence-corrected chi connectivity index (χ0v) is 17.6. The highest BCUT2D eigenvalue weighted by Crippen LogP contribution is 2.40. The Morgan fingerprint density at radius 3 is 2.32 bits per heavy atom. The maximum Gasteiger partial charge on any atom is 0.155 e. The molecule has 1 aliphatic heterocycles. The molecule has 1 saturated heterocycles. The fourth-order valence-corrected chi connectivity index (χ4v) is 3.98. The van der Waals surface area contributed by atoms with E-state index in [1.165, 1.54) is 0 Å². The average molecular weight is 382 g/mol. The van der Waals surface area contributed by atoms with Crippen molar-refractivity contribution in [1.82, 2.24) is 10.2 Å². The van der Waals surface area contributed by atoms with E-state index in [0.717, 1.165) is 46.6 Å². The molecule has 1 N–H and O–H groups in total. The minimum atomic E-state index is -1.34. The first kappa shape index (κ1) is 20.4. The maximum atomic E-state index is 15.6. The van der Waals surface area contributed by atoms with E-state index in [0.29, 0.717) is 19.5 Å². The monoisotopic (exact) mass is 381 g/mol. The molecular weight excluding hydrogens is 349 g/mol. The van der Waals surface area contributed by atoms with Gasteiger partial charge in [0.1, 0.15) is 5.82 Å².